The molecule has 0 aliphatic carbocycles. The van der Waals surface area contributed by atoms with Crippen molar-refractivity contribution in [3.8, 4) is 5.75 Å². The second-order valence-electron chi connectivity index (χ2n) is 7.53. The van der Waals surface area contributed by atoms with Crippen LogP contribution in [0.3, 0.4) is 0 Å². The Labute approximate surface area is 181 Å². The topological polar surface area (TPSA) is 66.8 Å². The van der Waals surface area contributed by atoms with Crippen molar-refractivity contribution in [2.24, 2.45) is 0 Å². The normalized spacial score (nSPS) is 18.2. The Balaban J connectivity index is 2.28. The number of aryl methyl sites for hydroxylation is 2. The first kappa shape index (κ1) is 21.9. The predicted molar refractivity (Wildman–Crippen MR) is 118 cm³/mol. The van der Waals surface area contributed by atoms with Crippen molar-refractivity contribution in [3.63, 3.8) is 0 Å². The Kier molecular flexibility index (Phi) is 6.52. The SMILES string of the molecule is CCCCN1C(=O)C(=O)/C(=C(/O)c2cc(C)cc(Cl)c2OC)C1c1ccccc1C. The Morgan fingerprint density at radius 1 is 1.20 bits per heavy atom. The molecule has 1 aliphatic rings. The number of benzene rings is 2. The Morgan fingerprint density at radius 2 is 1.90 bits per heavy atom. The summed E-state index contributed by atoms with van der Waals surface area (Å²) in [6.45, 7) is 6.22. The maximum atomic E-state index is 13.1. The van der Waals surface area contributed by atoms with Crippen LogP contribution in [-0.4, -0.2) is 35.4 Å². The van der Waals surface area contributed by atoms with Gasteiger partial charge >= 0.3 is 0 Å². The average molecular weight is 428 g/mol. The van der Waals surface area contributed by atoms with Gasteiger partial charge in [0.05, 0.1) is 29.3 Å². The van der Waals surface area contributed by atoms with Gasteiger partial charge in [0.1, 0.15) is 11.5 Å². The number of ketones is 1. The lowest BCUT2D eigenvalue weighted by molar-refractivity contribution is -0.139. The number of Topliss-reactive ketones (excluding diaryl/α,β-unsaturated/α-hetero) is 1. The smallest absolute Gasteiger partial charge is 0.295 e. The summed E-state index contributed by atoms with van der Waals surface area (Å²) in [6, 6.07) is 10.3. The summed E-state index contributed by atoms with van der Waals surface area (Å²) in [5, 5.41) is 11.6. The van der Waals surface area contributed by atoms with Crippen molar-refractivity contribution in [1.82, 2.24) is 4.90 Å². The maximum absolute atomic E-state index is 13.1. The van der Waals surface area contributed by atoms with Crippen LogP contribution in [0.2, 0.25) is 5.02 Å². The molecule has 2 aromatic rings. The third-order valence-electron chi connectivity index (χ3n) is 5.42. The second-order valence-corrected chi connectivity index (χ2v) is 7.94. The van der Waals surface area contributed by atoms with Crippen LogP contribution in [0.5, 0.6) is 5.75 Å². The highest BCUT2D eigenvalue weighted by Gasteiger charge is 2.46. The van der Waals surface area contributed by atoms with Crippen molar-refractivity contribution in [1.29, 1.82) is 0 Å². The molecule has 0 spiro atoms. The fourth-order valence-corrected chi connectivity index (χ4v) is 4.26. The molecule has 158 valence electrons. The first-order valence-electron chi connectivity index (χ1n) is 10.00. The van der Waals surface area contributed by atoms with Gasteiger partial charge in [0, 0.05) is 6.54 Å². The van der Waals surface area contributed by atoms with Crippen LogP contribution < -0.4 is 4.74 Å². The number of rotatable bonds is 6. The van der Waals surface area contributed by atoms with Crippen LogP contribution in [0.25, 0.3) is 5.76 Å². The zero-order valence-electron chi connectivity index (χ0n) is 17.7. The average Bonchev–Trinajstić information content (AvgIpc) is 2.96. The van der Waals surface area contributed by atoms with E-state index in [0.717, 1.165) is 29.5 Å². The molecular weight excluding hydrogens is 402 g/mol. The Bertz CT molecular complexity index is 1030. The van der Waals surface area contributed by atoms with Gasteiger partial charge in [-0.2, -0.15) is 0 Å². The number of likely N-dealkylation sites (tertiary alicyclic amines) is 1. The number of ether oxygens (including phenoxy) is 1. The number of methoxy groups -OCH3 is 1. The molecule has 1 atom stereocenters. The molecule has 2 aromatic carbocycles. The van der Waals surface area contributed by atoms with Crippen molar-refractivity contribution in [2.75, 3.05) is 13.7 Å². The number of aliphatic hydroxyl groups is 1. The van der Waals surface area contributed by atoms with Crippen molar-refractivity contribution >= 4 is 29.1 Å². The van der Waals surface area contributed by atoms with Crippen molar-refractivity contribution in [2.45, 2.75) is 39.7 Å². The van der Waals surface area contributed by atoms with E-state index in [1.54, 1.807) is 17.0 Å². The molecule has 1 N–H and O–H groups in total. The standard InChI is InChI=1S/C24H26ClNO4/c1-5-6-11-26-20(16-10-8-7-9-15(16)3)19(22(28)24(26)29)21(27)17-12-14(2)13-18(25)23(17)30-4/h7-10,12-13,20,27H,5-6,11H2,1-4H3/b21-19+. The molecule has 0 bridgehead atoms. The summed E-state index contributed by atoms with van der Waals surface area (Å²) < 4.78 is 5.39. The van der Waals surface area contributed by atoms with Gasteiger partial charge in [0.25, 0.3) is 11.7 Å². The molecule has 5 nitrogen and oxygen atoms in total. The number of hydrogen-bond donors (Lipinski definition) is 1. The number of nitrogens with zero attached hydrogens (tertiary/aromatic N) is 1. The van der Waals surface area contributed by atoms with Crippen LogP contribution >= 0.6 is 11.6 Å². The monoisotopic (exact) mass is 427 g/mol. The minimum Gasteiger partial charge on any atom is -0.507 e. The summed E-state index contributed by atoms with van der Waals surface area (Å²) in [6.07, 6.45) is 1.64. The Hall–Kier alpha value is -2.79. The molecule has 3 rings (SSSR count). The third-order valence-corrected chi connectivity index (χ3v) is 5.70. The minimum absolute atomic E-state index is 0.0605. The van der Waals surface area contributed by atoms with Gasteiger partial charge in [-0.05, 0) is 49.1 Å². The molecule has 30 heavy (non-hydrogen) atoms. The third kappa shape index (κ3) is 3.82. The summed E-state index contributed by atoms with van der Waals surface area (Å²) in [5.74, 6) is -1.31. The summed E-state index contributed by atoms with van der Waals surface area (Å²) in [7, 11) is 1.45. The first-order valence-corrected chi connectivity index (χ1v) is 10.4. The maximum Gasteiger partial charge on any atom is 0.295 e. The number of unbranched alkanes of at least 4 members (excludes halogenated alkanes) is 1. The molecule has 1 aliphatic heterocycles. The molecule has 1 heterocycles. The molecule has 0 radical (unpaired) electrons. The van der Waals surface area contributed by atoms with E-state index in [1.807, 2.05) is 45.0 Å². The van der Waals surface area contributed by atoms with E-state index in [0.29, 0.717) is 17.1 Å². The fourth-order valence-electron chi connectivity index (χ4n) is 3.91. The van der Waals surface area contributed by atoms with Gasteiger partial charge in [-0.1, -0.05) is 49.2 Å². The fraction of sp³-hybridized carbons (Fsp3) is 0.333. The molecule has 0 aromatic heterocycles. The van der Waals surface area contributed by atoms with E-state index in [4.69, 9.17) is 16.3 Å². The van der Waals surface area contributed by atoms with Crippen LogP contribution in [0.1, 0.15) is 48.1 Å². The van der Waals surface area contributed by atoms with Crippen LogP contribution in [0.4, 0.5) is 0 Å². The second kappa shape index (κ2) is 8.92. The van der Waals surface area contributed by atoms with Gasteiger partial charge < -0.3 is 14.7 Å². The molecular formula is C24H26ClNO4. The molecule has 1 unspecified atom stereocenters. The highest BCUT2D eigenvalue weighted by atomic mass is 35.5. The first-order chi connectivity index (χ1) is 14.3. The van der Waals surface area contributed by atoms with Gasteiger partial charge in [0.2, 0.25) is 0 Å². The van der Waals surface area contributed by atoms with Crippen LogP contribution in [-0.2, 0) is 9.59 Å². The molecule has 1 amide bonds. The highest BCUT2D eigenvalue weighted by molar-refractivity contribution is 6.46. The number of carbonyl (C=O) groups excluding carboxylic acids is 2. The van der Waals surface area contributed by atoms with Crippen LogP contribution in [0.15, 0.2) is 42.0 Å². The largest absolute Gasteiger partial charge is 0.507 e. The number of aliphatic hydroxyl groups excluding tert-OH is 1. The van der Waals surface area contributed by atoms with E-state index < -0.39 is 17.7 Å². The zero-order chi connectivity index (χ0) is 22.0. The van der Waals surface area contributed by atoms with Crippen molar-refractivity contribution in [3.05, 3.63) is 69.2 Å². The molecule has 0 saturated carbocycles. The summed E-state index contributed by atoms with van der Waals surface area (Å²) in [5.41, 5.74) is 2.91. The quantitative estimate of drug-likeness (QED) is 0.391. The van der Waals surface area contributed by atoms with Gasteiger partial charge in [-0.15, -0.1) is 0 Å². The van der Waals surface area contributed by atoms with Gasteiger partial charge in [-0.25, -0.2) is 0 Å². The lowest BCUT2D eigenvalue weighted by Gasteiger charge is -2.26. The van der Waals surface area contributed by atoms with E-state index in [-0.39, 0.29) is 17.1 Å². The molecule has 6 heteroatoms. The zero-order valence-corrected chi connectivity index (χ0v) is 18.4. The minimum atomic E-state index is -0.698. The number of amides is 1. The van der Waals surface area contributed by atoms with Crippen molar-refractivity contribution < 1.29 is 19.4 Å². The Morgan fingerprint density at radius 3 is 2.53 bits per heavy atom. The lowest BCUT2D eigenvalue weighted by atomic mass is 9.92. The van der Waals surface area contributed by atoms with Crippen LogP contribution in [0, 0.1) is 13.8 Å². The van der Waals surface area contributed by atoms with E-state index in [1.165, 1.54) is 7.11 Å². The number of hydrogen-bond acceptors (Lipinski definition) is 4. The molecule has 1 saturated heterocycles. The lowest BCUT2D eigenvalue weighted by Crippen LogP contribution is -2.30. The highest BCUT2D eigenvalue weighted by Crippen LogP contribution is 2.43. The van der Waals surface area contributed by atoms with Gasteiger partial charge in [0.15, 0.2) is 0 Å². The molecule has 1 fully saturated rings. The van der Waals surface area contributed by atoms with E-state index >= 15 is 0 Å². The van der Waals surface area contributed by atoms with E-state index in [2.05, 4.69) is 0 Å². The van der Waals surface area contributed by atoms with E-state index in [9.17, 15) is 14.7 Å². The number of carbonyl (C=O) groups is 2. The number of halogens is 1. The predicted octanol–water partition coefficient (Wildman–Crippen LogP) is 5.19. The summed E-state index contributed by atoms with van der Waals surface area (Å²) >= 11 is 6.31. The van der Waals surface area contributed by atoms with Gasteiger partial charge in [-0.3, -0.25) is 9.59 Å². The summed E-state index contributed by atoms with van der Waals surface area (Å²) in [4.78, 5) is 27.5.